The van der Waals surface area contributed by atoms with Crippen molar-refractivity contribution in [1.82, 2.24) is 15.0 Å². The predicted octanol–water partition coefficient (Wildman–Crippen LogP) is 5.53. The van der Waals surface area contributed by atoms with Crippen LogP contribution in [0.3, 0.4) is 0 Å². The first kappa shape index (κ1) is 20.9. The van der Waals surface area contributed by atoms with Gasteiger partial charge in [-0.25, -0.2) is 9.97 Å². The molecule has 0 saturated heterocycles. The second-order valence-electron chi connectivity index (χ2n) is 7.29. The number of aromatic nitrogens is 3. The number of hydrogen-bond acceptors (Lipinski definition) is 7. The van der Waals surface area contributed by atoms with Crippen LogP contribution in [0.25, 0.3) is 0 Å². The van der Waals surface area contributed by atoms with E-state index in [0.29, 0.717) is 18.1 Å². The minimum atomic E-state index is -0.520. The van der Waals surface area contributed by atoms with Crippen molar-refractivity contribution in [3.8, 4) is 11.6 Å². The van der Waals surface area contributed by atoms with E-state index in [0.717, 1.165) is 16.7 Å². The maximum absolute atomic E-state index is 12.2. The highest BCUT2D eigenvalue weighted by molar-refractivity contribution is 5.69. The van der Waals surface area contributed by atoms with Crippen LogP contribution in [0.1, 0.15) is 16.7 Å². The van der Waals surface area contributed by atoms with Crippen LogP contribution in [0.15, 0.2) is 79.3 Å². The molecule has 4 aromatic rings. The number of nitro groups is 1. The fourth-order valence-electron chi connectivity index (χ4n) is 3.43. The molecule has 0 radical (unpaired) electrons. The zero-order valence-corrected chi connectivity index (χ0v) is 17.7. The minimum Gasteiger partial charge on any atom is -0.434 e. The van der Waals surface area contributed by atoms with Gasteiger partial charge < -0.3 is 9.64 Å². The van der Waals surface area contributed by atoms with Crippen LogP contribution in [0, 0.1) is 24.0 Å². The van der Waals surface area contributed by atoms with Crippen molar-refractivity contribution in [3.05, 3.63) is 106 Å². The van der Waals surface area contributed by atoms with Crippen LogP contribution in [0.2, 0.25) is 0 Å². The molecule has 0 aliphatic rings. The standard InChI is InChI=1S/C24H21N5O3/c1-17-12-18(2)14-20(13-17)32-24-22(29(30)31)23(26-16-27-24)28(21-10-6-7-11-25-21)15-19-8-4-3-5-9-19/h3-14,16H,15H2,1-2H3. The molecule has 0 bridgehead atoms. The van der Waals surface area contributed by atoms with Crippen molar-refractivity contribution in [3.63, 3.8) is 0 Å². The lowest BCUT2D eigenvalue weighted by molar-refractivity contribution is -0.385. The molecular weight excluding hydrogens is 406 g/mol. The van der Waals surface area contributed by atoms with Crippen LogP contribution in [0.4, 0.5) is 17.3 Å². The summed E-state index contributed by atoms with van der Waals surface area (Å²) in [5.74, 6) is 0.976. The smallest absolute Gasteiger partial charge is 0.373 e. The van der Waals surface area contributed by atoms with Gasteiger partial charge in [0.25, 0.3) is 0 Å². The number of rotatable bonds is 7. The molecular formula is C24H21N5O3. The number of hydrogen-bond donors (Lipinski definition) is 0. The molecule has 0 aliphatic heterocycles. The molecule has 0 saturated carbocycles. The highest BCUT2D eigenvalue weighted by Gasteiger charge is 2.30. The first-order valence-corrected chi connectivity index (χ1v) is 9.99. The lowest BCUT2D eigenvalue weighted by Crippen LogP contribution is -2.20. The third-order valence-corrected chi connectivity index (χ3v) is 4.73. The van der Waals surface area contributed by atoms with E-state index in [1.54, 1.807) is 35.4 Å². The molecule has 0 atom stereocenters. The van der Waals surface area contributed by atoms with E-state index in [4.69, 9.17) is 4.74 Å². The van der Waals surface area contributed by atoms with Gasteiger partial charge in [-0.05, 0) is 54.8 Å². The van der Waals surface area contributed by atoms with Crippen molar-refractivity contribution < 1.29 is 9.66 Å². The molecule has 160 valence electrons. The van der Waals surface area contributed by atoms with E-state index in [-0.39, 0.29) is 17.4 Å². The summed E-state index contributed by atoms with van der Waals surface area (Å²) in [7, 11) is 0. The molecule has 4 rings (SSSR count). The molecule has 8 heteroatoms. The summed E-state index contributed by atoms with van der Waals surface area (Å²) in [6.07, 6.45) is 2.90. The fourth-order valence-corrected chi connectivity index (χ4v) is 3.43. The van der Waals surface area contributed by atoms with Crippen LogP contribution in [0.5, 0.6) is 11.6 Å². The van der Waals surface area contributed by atoms with E-state index < -0.39 is 4.92 Å². The highest BCUT2D eigenvalue weighted by Crippen LogP contribution is 2.39. The second-order valence-corrected chi connectivity index (χ2v) is 7.29. The van der Waals surface area contributed by atoms with Gasteiger partial charge in [0, 0.05) is 6.20 Å². The molecule has 2 aromatic heterocycles. The molecule has 0 amide bonds. The van der Waals surface area contributed by atoms with Crippen molar-refractivity contribution in [2.45, 2.75) is 20.4 Å². The van der Waals surface area contributed by atoms with Gasteiger partial charge in [0.05, 0.1) is 11.5 Å². The minimum absolute atomic E-state index is 0.104. The molecule has 2 heterocycles. The highest BCUT2D eigenvalue weighted by atomic mass is 16.6. The largest absolute Gasteiger partial charge is 0.434 e. The van der Waals surface area contributed by atoms with Crippen LogP contribution < -0.4 is 9.64 Å². The van der Waals surface area contributed by atoms with E-state index >= 15 is 0 Å². The average Bonchev–Trinajstić information content (AvgIpc) is 2.78. The van der Waals surface area contributed by atoms with Crippen molar-refractivity contribution in [2.24, 2.45) is 0 Å². The van der Waals surface area contributed by atoms with Gasteiger partial charge in [-0.1, -0.05) is 42.5 Å². The van der Waals surface area contributed by atoms with Gasteiger partial charge in [0.1, 0.15) is 17.9 Å². The molecule has 2 aromatic carbocycles. The van der Waals surface area contributed by atoms with Crippen molar-refractivity contribution in [2.75, 3.05) is 4.90 Å². The number of pyridine rings is 1. The second kappa shape index (κ2) is 9.22. The lowest BCUT2D eigenvalue weighted by Gasteiger charge is -2.23. The van der Waals surface area contributed by atoms with E-state index in [9.17, 15) is 10.1 Å². The monoisotopic (exact) mass is 427 g/mol. The number of benzene rings is 2. The van der Waals surface area contributed by atoms with Gasteiger partial charge in [-0.2, -0.15) is 4.98 Å². The third-order valence-electron chi connectivity index (χ3n) is 4.73. The summed E-state index contributed by atoms with van der Waals surface area (Å²) in [5.41, 5.74) is 2.59. The van der Waals surface area contributed by atoms with Gasteiger partial charge in [-0.3, -0.25) is 10.1 Å². The van der Waals surface area contributed by atoms with Gasteiger partial charge in [-0.15, -0.1) is 0 Å². The number of ether oxygens (including phenoxy) is 1. The fraction of sp³-hybridized carbons (Fsp3) is 0.125. The molecule has 0 unspecified atom stereocenters. The molecule has 0 N–H and O–H groups in total. The molecule has 0 aliphatic carbocycles. The maximum atomic E-state index is 12.2. The Balaban J connectivity index is 1.82. The van der Waals surface area contributed by atoms with Crippen molar-refractivity contribution in [1.29, 1.82) is 0 Å². The summed E-state index contributed by atoms with van der Waals surface area (Å²) in [6.45, 7) is 4.20. The van der Waals surface area contributed by atoms with Crippen LogP contribution in [-0.4, -0.2) is 19.9 Å². The Bertz CT molecular complexity index is 1210. The quantitative estimate of drug-likeness (QED) is 0.283. The summed E-state index contributed by atoms with van der Waals surface area (Å²) in [6, 6.07) is 20.6. The summed E-state index contributed by atoms with van der Waals surface area (Å²) in [4.78, 5) is 26.0. The Morgan fingerprint density at radius 1 is 0.938 bits per heavy atom. The van der Waals surface area contributed by atoms with Gasteiger partial charge >= 0.3 is 11.6 Å². The summed E-state index contributed by atoms with van der Waals surface area (Å²) < 4.78 is 5.87. The molecule has 32 heavy (non-hydrogen) atoms. The lowest BCUT2D eigenvalue weighted by atomic mass is 10.1. The SMILES string of the molecule is Cc1cc(C)cc(Oc2ncnc(N(Cc3ccccc3)c3ccccn3)c2[N+](=O)[O-])c1. The van der Waals surface area contributed by atoms with E-state index in [1.807, 2.05) is 56.3 Å². The van der Waals surface area contributed by atoms with Crippen molar-refractivity contribution >= 4 is 17.3 Å². The average molecular weight is 427 g/mol. The Hall–Kier alpha value is -4.33. The summed E-state index contributed by atoms with van der Waals surface area (Å²) in [5, 5.41) is 12.2. The Labute approximate surface area is 185 Å². The van der Waals surface area contributed by atoms with E-state index in [1.165, 1.54) is 6.33 Å². The Morgan fingerprint density at radius 3 is 2.31 bits per heavy atom. The maximum Gasteiger partial charge on any atom is 0.373 e. The zero-order chi connectivity index (χ0) is 22.5. The van der Waals surface area contributed by atoms with Gasteiger partial charge in [0.2, 0.25) is 5.82 Å². The van der Waals surface area contributed by atoms with Crippen LogP contribution in [-0.2, 0) is 6.54 Å². The first-order valence-electron chi connectivity index (χ1n) is 9.99. The number of anilines is 2. The molecule has 8 nitrogen and oxygen atoms in total. The van der Waals surface area contributed by atoms with Crippen LogP contribution >= 0.6 is 0 Å². The van der Waals surface area contributed by atoms with Gasteiger partial charge in [0.15, 0.2) is 0 Å². The topological polar surface area (TPSA) is 94.3 Å². The van der Waals surface area contributed by atoms with E-state index in [2.05, 4.69) is 15.0 Å². The zero-order valence-electron chi connectivity index (χ0n) is 17.7. The predicted molar refractivity (Wildman–Crippen MR) is 121 cm³/mol. The first-order chi connectivity index (χ1) is 15.5. The number of nitrogens with zero attached hydrogens (tertiary/aromatic N) is 5. The normalized spacial score (nSPS) is 10.6. The Morgan fingerprint density at radius 2 is 1.66 bits per heavy atom. The molecule has 0 spiro atoms. The summed E-state index contributed by atoms with van der Waals surface area (Å²) >= 11 is 0. The number of aryl methyl sites for hydroxylation is 2. The third kappa shape index (κ3) is 4.70. The Kier molecular flexibility index (Phi) is 6.03. The molecule has 0 fully saturated rings.